The lowest BCUT2D eigenvalue weighted by Crippen LogP contribution is -2.43. The first kappa shape index (κ1) is 12.1. The van der Waals surface area contributed by atoms with Crippen molar-refractivity contribution in [2.75, 3.05) is 20.1 Å². The first-order valence-electron chi connectivity index (χ1n) is 6.06. The van der Waals surface area contributed by atoms with Gasteiger partial charge in [0.05, 0.1) is 5.56 Å². The minimum atomic E-state index is -0.306. The Kier molecular flexibility index (Phi) is 3.48. The van der Waals surface area contributed by atoms with Gasteiger partial charge in [-0.3, -0.25) is 0 Å². The van der Waals surface area contributed by atoms with Crippen molar-refractivity contribution in [2.45, 2.75) is 25.4 Å². The van der Waals surface area contributed by atoms with Gasteiger partial charge >= 0.3 is 5.97 Å². The van der Waals surface area contributed by atoms with Crippen LogP contribution in [0.5, 0.6) is 0 Å². The summed E-state index contributed by atoms with van der Waals surface area (Å²) < 4.78 is 5.65. The van der Waals surface area contributed by atoms with Crippen LogP contribution in [0, 0.1) is 0 Å². The maximum Gasteiger partial charge on any atom is 0.338 e. The zero-order chi connectivity index (χ0) is 12.3. The largest absolute Gasteiger partial charge is 0.456 e. The van der Waals surface area contributed by atoms with Gasteiger partial charge in [0.2, 0.25) is 0 Å². The highest BCUT2D eigenvalue weighted by Gasteiger charge is 2.32. The van der Waals surface area contributed by atoms with E-state index in [4.69, 9.17) is 4.74 Å². The zero-order valence-corrected chi connectivity index (χ0v) is 10.5. The topological polar surface area (TPSA) is 29.5 Å². The molecule has 0 amide bonds. The predicted octanol–water partition coefficient (Wildman–Crippen LogP) is 2.33. The van der Waals surface area contributed by atoms with E-state index in [0.29, 0.717) is 5.56 Å². The fraction of sp³-hybridized carbons (Fsp3) is 0.500. The Morgan fingerprint density at radius 3 is 2.41 bits per heavy atom. The molecule has 0 unspecified atom stereocenters. The van der Waals surface area contributed by atoms with Crippen LogP contribution in [0.15, 0.2) is 30.3 Å². The van der Waals surface area contributed by atoms with Crippen LogP contribution >= 0.6 is 0 Å². The van der Waals surface area contributed by atoms with Crippen molar-refractivity contribution in [3.63, 3.8) is 0 Å². The van der Waals surface area contributed by atoms with Gasteiger partial charge in [-0.05, 0) is 38.9 Å². The second-order valence-electron chi connectivity index (χ2n) is 5.01. The third kappa shape index (κ3) is 3.07. The molecule has 0 radical (unpaired) electrons. The van der Waals surface area contributed by atoms with Gasteiger partial charge in [-0.2, -0.15) is 0 Å². The Labute approximate surface area is 102 Å². The minimum absolute atomic E-state index is 0.211. The summed E-state index contributed by atoms with van der Waals surface area (Å²) in [6.07, 6.45) is 1.81. The molecular formula is C14H19NO2. The molecule has 0 N–H and O–H groups in total. The summed E-state index contributed by atoms with van der Waals surface area (Å²) in [5, 5.41) is 0. The van der Waals surface area contributed by atoms with Crippen molar-refractivity contribution < 1.29 is 9.53 Å². The highest BCUT2D eigenvalue weighted by molar-refractivity contribution is 5.89. The van der Waals surface area contributed by atoms with Crippen molar-refractivity contribution in [1.82, 2.24) is 4.90 Å². The third-order valence-corrected chi connectivity index (χ3v) is 3.39. The van der Waals surface area contributed by atoms with E-state index in [1.54, 1.807) is 12.1 Å². The normalized spacial score (nSPS) is 19.9. The molecule has 92 valence electrons. The van der Waals surface area contributed by atoms with Crippen LogP contribution in [0.1, 0.15) is 30.1 Å². The van der Waals surface area contributed by atoms with E-state index in [1.165, 1.54) is 0 Å². The number of piperidine rings is 1. The number of benzene rings is 1. The SMILES string of the molecule is CN1CCC(C)(OC(=O)c2ccccc2)CC1. The fourth-order valence-electron chi connectivity index (χ4n) is 2.05. The van der Waals surface area contributed by atoms with Crippen LogP contribution in [0.3, 0.4) is 0 Å². The summed E-state index contributed by atoms with van der Waals surface area (Å²) in [5.74, 6) is -0.211. The first-order chi connectivity index (χ1) is 8.09. The Bertz CT molecular complexity index is 380. The summed E-state index contributed by atoms with van der Waals surface area (Å²) in [6, 6.07) is 9.19. The van der Waals surface area contributed by atoms with Crippen molar-refractivity contribution >= 4 is 5.97 Å². The zero-order valence-electron chi connectivity index (χ0n) is 10.5. The molecule has 1 saturated heterocycles. The molecule has 0 aromatic heterocycles. The maximum absolute atomic E-state index is 12.0. The number of carbonyl (C=O) groups excluding carboxylic acids is 1. The average molecular weight is 233 g/mol. The van der Waals surface area contributed by atoms with Crippen LogP contribution in [0.4, 0.5) is 0 Å². The standard InChI is InChI=1S/C14H19NO2/c1-14(8-10-15(2)11-9-14)17-13(16)12-6-4-3-5-7-12/h3-7H,8-11H2,1-2H3. The lowest BCUT2D eigenvalue weighted by Gasteiger charge is -2.37. The number of hydrogen-bond acceptors (Lipinski definition) is 3. The second-order valence-corrected chi connectivity index (χ2v) is 5.01. The van der Waals surface area contributed by atoms with Crippen molar-refractivity contribution in [3.8, 4) is 0 Å². The quantitative estimate of drug-likeness (QED) is 0.734. The van der Waals surface area contributed by atoms with E-state index in [-0.39, 0.29) is 11.6 Å². The Hall–Kier alpha value is -1.35. The number of carbonyl (C=O) groups is 1. The second kappa shape index (κ2) is 4.88. The number of ether oxygens (including phenoxy) is 1. The summed E-state index contributed by atoms with van der Waals surface area (Å²) >= 11 is 0. The molecule has 0 atom stereocenters. The van der Waals surface area contributed by atoms with Crippen molar-refractivity contribution in [2.24, 2.45) is 0 Å². The van der Waals surface area contributed by atoms with Gasteiger partial charge in [-0.15, -0.1) is 0 Å². The van der Waals surface area contributed by atoms with Gasteiger partial charge in [0, 0.05) is 13.1 Å². The van der Waals surface area contributed by atoms with Gasteiger partial charge in [-0.25, -0.2) is 4.79 Å². The average Bonchev–Trinajstić information content (AvgIpc) is 2.34. The summed E-state index contributed by atoms with van der Waals surface area (Å²) in [7, 11) is 2.10. The molecule has 1 fully saturated rings. The summed E-state index contributed by atoms with van der Waals surface area (Å²) in [5.41, 5.74) is 0.326. The lowest BCUT2D eigenvalue weighted by atomic mass is 9.93. The highest BCUT2D eigenvalue weighted by atomic mass is 16.6. The van der Waals surface area contributed by atoms with Crippen LogP contribution in [0.2, 0.25) is 0 Å². The monoisotopic (exact) mass is 233 g/mol. The number of hydrogen-bond donors (Lipinski definition) is 0. The molecule has 3 nitrogen and oxygen atoms in total. The van der Waals surface area contributed by atoms with Crippen LogP contribution in [-0.2, 0) is 4.74 Å². The highest BCUT2D eigenvalue weighted by Crippen LogP contribution is 2.26. The van der Waals surface area contributed by atoms with Crippen LogP contribution in [-0.4, -0.2) is 36.6 Å². The van der Waals surface area contributed by atoms with E-state index in [1.807, 2.05) is 25.1 Å². The Balaban J connectivity index is 1.99. The molecule has 0 aliphatic carbocycles. The molecule has 1 aliphatic rings. The van der Waals surface area contributed by atoms with Crippen LogP contribution in [0.25, 0.3) is 0 Å². The molecule has 1 heterocycles. The molecule has 1 aliphatic heterocycles. The molecule has 2 rings (SSSR count). The van der Waals surface area contributed by atoms with E-state index in [2.05, 4.69) is 11.9 Å². The van der Waals surface area contributed by atoms with Crippen LogP contribution < -0.4 is 0 Å². The molecule has 0 bridgehead atoms. The van der Waals surface area contributed by atoms with Gasteiger partial charge in [0.15, 0.2) is 0 Å². The van der Waals surface area contributed by atoms with Crippen molar-refractivity contribution in [1.29, 1.82) is 0 Å². The Morgan fingerprint density at radius 1 is 1.24 bits per heavy atom. The molecule has 0 spiro atoms. The number of nitrogens with zero attached hydrogens (tertiary/aromatic N) is 1. The van der Waals surface area contributed by atoms with Gasteiger partial charge in [-0.1, -0.05) is 18.2 Å². The third-order valence-electron chi connectivity index (χ3n) is 3.39. The van der Waals surface area contributed by atoms with Crippen molar-refractivity contribution in [3.05, 3.63) is 35.9 Å². The Morgan fingerprint density at radius 2 is 1.82 bits per heavy atom. The lowest BCUT2D eigenvalue weighted by molar-refractivity contribution is -0.0372. The summed E-state index contributed by atoms with van der Waals surface area (Å²) in [6.45, 7) is 4.00. The molecule has 17 heavy (non-hydrogen) atoms. The first-order valence-corrected chi connectivity index (χ1v) is 6.06. The van der Waals surface area contributed by atoms with E-state index in [9.17, 15) is 4.79 Å². The molecule has 3 heteroatoms. The smallest absolute Gasteiger partial charge is 0.338 e. The number of rotatable bonds is 2. The predicted molar refractivity (Wildman–Crippen MR) is 67.0 cm³/mol. The number of esters is 1. The maximum atomic E-state index is 12.0. The van der Waals surface area contributed by atoms with Gasteiger partial charge in [0.25, 0.3) is 0 Å². The molecule has 1 aromatic carbocycles. The van der Waals surface area contributed by atoms with Gasteiger partial charge in [0.1, 0.15) is 5.60 Å². The summed E-state index contributed by atoms with van der Waals surface area (Å²) in [4.78, 5) is 14.2. The van der Waals surface area contributed by atoms with E-state index >= 15 is 0 Å². The molecule has 0 saturated carbocycles. The van der Waals surface area contributed by atoms with Gasteiger partial charge < -0.3 is 9.64 Å². The van der Waals surface area contributed by atoms with E-state index in [0.717, 1.165) is 25.9 Å². The minimum Gasteiger partial charge on any atom is -0.456 e. The fourth-order valence-corrected chi connectivity index (χ4v) is 2.05. The number of likely N-dealkylation sites (tertiary alicyclic amines) is 1. The van der Waals surface area contributed by atoms with E-state index < -0.39 is 0 Å². The molecule has 1 aromatic rings. The molecular weight excluding hydrogens is 214 g/mol.